The summed E-state index contributed by atoms with van der Waals surface area (Å²) in [5, 5.41) is 19.8. The Morgan fingerprint density at radius 3 is 2.63 bits per heavy atom. The third-order valence-electron chi connectivity index (χ3n) is 6.86. The molecule has 3 heterocycles. The molecule has 3 aromatic carbocycles. The normalized spacial score (nSPS) is 13.4. The number of carboxylic acid groups (broad SMARTS) is 1. The monoisotopic (exact) mass is 523 g/mol. The highest BCUT2D eigenvalue weighted by Gasteiger charge is 2.33. The number of hydrogen-bond acceptors (Lipinski definition) is 5. The maximum absolute atomic E-state index is 14.6. The van der Waals surface area contributed by atoms with E-state index in [1.165, 1.54) is 30.3 Å². The van der Waals surface area contributed by atoms with Crippen LogP contribution in [0.2, 0.25) is 0 Å². The van der Waals surface area contributed by atoms with Crippen LogP contribution >= 0.6 is 11.9 Å². The first-order chi connectivity index (χ1) is 18.4. The molecule has 6 rings (SSSR count). The lowest BCUT2D eigenvalue weighted by Crippen LogP contribution is -2.50. The fourth-order valence-electron chi connectivity index (χ4n) is 4.86. The van der Waals surface area contributed by atoms with Gasteiger partial charge in [0.15, 0.2) is 0 Å². The molecule has 5 aromatic rings. The number of nitrogens with zero attached hydrogens (tertiary/aromatic N) is 3. The minimum atomic E-state index is -0.791. The maximum Gasteiger partial charge on any atom is 0.310 e. The van der Waals surface area contributed by atoms with Crippen molar-refractivity contribution in [3.8, 4) is 28.5 Å². The van der Waals surface area contributed by atoms with Gasteiger partial charge in [0.05, 0.1) is 23.4 Å². The van der Waals surface area contributed by atoms with Crippen LogP contribution in [0.1, 0.15) is 11.3 Å². The summed E-state index contributed by atoms with van der Waals surface area (Å²) < 4.78 is 22.2. The summed E-state index contributed by atoms with van der Waals surface area (Å²) in [6, 6.07) is 24.6. The zero-order chi connectivity index (χ0) is 26.4. The van der Waals surface area contributed by atoms with Crippen molar-refractivity contribution in [2.75, 3.05) is 18.0 Å². The minimum absolute atomic E-state index is 0.151. The molecule has 0 atom stereocenters. The third-order valence-corrected chi connectivity index (χ3v) is 7.90. The van der Waals surface area contributed by atoms with Gasteiger partial charge in [0.2, 0.25) is 5.76 Å². The van der Waals surface area contributed by atoms with E-state index in [0.717, 1.165) is 32.9 Å². The number of fused-ring (bicyclic) bond motifs is 1. The zero-order valence-electron chi connectivity index (χ0n) is 20.4. The summed E-state index contributed by atoms with van der Waals surface area (Å²) in [6.07, 6.45) is 1.47. The number of furan rings is 1. The first-order valence-electron chi connectivity index (χ1n) is 12.1. The number of anilines is 1. The molecule has 1 aliphatic heterocycles. The van der Waals surface area contributed by atoms with Crippen LogP contribution in [-0.2, 0) is 4.79 Å². The van der Waals surface area contributed by atoms with E-state index in [-0.39, 0.29) is 17.5 Å². The van der Waals surface area contributed by atoms with Gasteiger partial charge in [-0.15, -0.1) is 0 Å². The molecule has 38 heavy (non-hydrogen) atoms. The number of hydrogen-bond donors (Lipinski definition) is 1. The van der Waals surface area contributed by atoms with Crippen LogP contribution < -0.4 is 4.90 Å². The quantitative estimate of drug-likeness (QED) is 0.259. The van der Waals surface area contributed by atoms with E-state index < -0.39 is 5.97 Å². The number of nitriles is 1. The van der Waals surface area contributed by atoms with Gasteiger partial charge in [0.1, 0.15) is 11.9 Å². The number of halogens is 1. The highest BCUT2D eigenvalue weighted by atomic mass is 32.2. The van der Waals surface area contributed by atoms with Crippen molar-refractivity contribution in [2.45, 2.75) is 11.8 Å². The third kappa shape index (κ3) is 4.11. The molecule has 1 aliphatic rings. The average Bonchev–Trinajstić information content (AvgIpc) is 3.46. The number of benzene rings is 3. The van der Waals surface area contributed by atoms with Gasteiger partial charge in [-0.2, -0.15) is 5.26 Å². The van der Waals surface area contributed by atoms with Gasteiger partial charge in [0.25, 0.3) is 0 Å². The van der Waals surface area contributed by atoms with E-state index in [4.69, 9.17) is 4.42 Å². The Balaban J connectivity index is 1.59. The predicted octanol–water partition coefficient (Wildman–Crippen LogP) is 6.96. The van der Waals surface area contributed by atoms with Crippen LogP contribution in [0.5, 0.6) is 0 Å². The molecule has 0 spiro atoms. The van der Waals surface area contributed by atoms with E-state index in [0.29, 0.717) is 29.6 Å². The minimum Gasteiger partial charge on any atom is -0.481 e. The van der Waals surface area contributed by atoms with Crippen molar-refractivity contribution in [2.24, 2.45) is 5.92 Å². The van der Waals surface area contributed by atoms with Gasteiger partial charge in [-0.05, 0) is 67.4 Å². The summed E-state index contributed by atoms with van der Waals surface area (Å²) in [6.45, 7) is 2.92. The second-order valence-electron chi connectivity index (χ2n) is 9.35. The van der Waals surface area contributed by atoms with Crippen molar-refractivity contribution in [1.82, 2.24) is 3.97 Å². The molecule has 2 aromatic heterocycles. The fourth-order valence-corrected chi connectivity index (χ4v) is 5.87. The van der Waals surface area contributed by atoms with Gasteiger partial charge >= 0.3 is 5.97 Å². The van der Waals surface area contributed by atoms with E-state index >= 15 is 0 Å². The van der Waals surface area contributed by atoms with Crippen LogP contribution in [0.15, 0.2) is 88.4 Å². The number of rotatable bonds is 6. The molecule has 0 amide bonds. The van der Waals surface area contributed by atoms with Crippen molar-refractivity contribution >= 4 is 34.5 Å². The van der Waals surface area contributed by atoms with Crippen LogP contribution in [0.3, 0.4) is 0 Å². The molecule has 0 aliphatic carbocycles. The van der Waals surface area contributed by atoms with Crippen molar-refractivity contribution in [3.63, 3.8) is 0 Å². The lowest BCUT2D eigenvalue weighted by atomic mass is 9.96. The molecule has 6 nitrogen and oxygen atoms in total. The highest BCUT2D eigenvalue weighted by molar-refractivity contribution is 7.98. The Morgan fingerprint density at radius 2 is 1.89 bits per heavy atom. The Hall–Kier alpha value is -4.48. The molecule has 1 saturated heterocycles. The molecule has 0 radical (unpaired) electrons. The van der Waals surface area contributed by atoms with Gasteiger partial charge < -0.3 is 14.4 Å². The maximum atomic E-state index is 14.6. The number of aliphatic carboxylic acids is 1. The fraction of sp³-hybridized carbons (Fsp3) is 0.133. The van der Waals surface area contributed by atoms with Crippen LogP contribution in [0.25, 0.3) is 33.3 Å². The molecule has 0 unspecified atom stereocenters. The Labute approximate surface area is 222 Å². The second-order valence-corrected chi connectivity index (χ2v) is 10.4. The number of aromatic nitrogens is 1. The van der Waals surface area contributed by atoms with Crippen LogP contribution in [0, 0.1) is 30.0 Å². The van der Waals surface area contributed by atoms with Crippen molar-refractivity contribution in [1.29, 1.82) is 5.26 Å². The van der Waals surface area contributed by atoms with Gasteiger partial charge in [0, 0.05) is 45.7 Å². The largest absolute Gasteiger partial charge is 0.481 e. The Kier molecular flexibility index (Phi) is 5.93. The van der Waals surface area contributed by atoms with E-state index in [9.17, 15) is 19.6 Å². The Morgan fingerprint density at radius 1 is 1.11 bits per heavy atom. The Bertz CT molecular complexity index is 1730. The first kappa shape index (κ1) is 23.9. The van der Waals surface area contributed by atoms with Crippen LogP contribution in [0.4, 0.5) is 10.1 Å². The van der Waals surface area contributed by atoms with E-state index in [1.54, 1.807) is 12.1 Å². The first-order valence-corrected chi connectivity index (χ1v) is 12.9. The smallest absolute Gasteiger partial charge is 0.310 e. The summed E-state index contributed by atoms with van der Waals surface area (Å²) >= 11 is 1.51. The number of aryl methyl sites for hydroxylation is 1. The summed E-state index contributed by atoms with van der Waals surface area (Å²) in [5.41, 5.74) is 5.79. The van der Waals surface area contributed by atoms with Gasteiger partial charge in [-0.3, -0.25) is 8.77 Å². The molecule has 0 bridgehead atoms. The molecule has 1 N–H and O–H groups in total. The lowest BCUT2D eigenvalue weighted by molar-refractivity contribution is -0.142. The molecule has 8 heteroatoms. The molecular weight excluding hydrogens is 501 g/mol. The average molecular weight is 524 g/mol. The lowest BCUT2D eigenvalue weighted by Gasteiger charge is -2.38. The summed E-state index contributed by atoms with van der Waals surface area (Å²) in [5.74, 6) is -1.40. The number of carbonyl (C=O) groups is 1. The topological polar surface area (TPSA) is 82.4 Å². The van der Waals surface area contributed by atoms with Crippen molar-refractivity contribution < 1.29 is 18.7 Å². The van der Waals surface area contributed by atoms with Crippen molar-refractivity contribution in [3.05, 3.63) is 96.2 Å². The van der Waals surface area contributed by atoms with Gasteiger partial charge in [-0.1, -0.05) is 29.8 Å². The molecule has 0 saturated carbocycles. The van der Waals surface area contributed by atoms with Gasteiger partial charge in [-0.25, -0.2) is 4.39 Å². The standard InChI is InChI=1S/C30H22FN3O3S/c1-18-5-8-23(9-6-18)38-34-26-10-7-21(31)14-25(26)28(24-11-12-37-27(24)15-32)29(34)19-3-2-4-22(13-19)33-16-20(17-33)30(35)36/h2-14,20H,16-17H2,1H3,(H,35,36). The second kappa shape index (κ2) is 9.43. The van der Waals surface area contributed by atoms with E-state index in [1.807, 2.05) is 60.4 Å². The molecule has 1 fully saturated rings. The summed E-state index contributed by atoms with van der Waals surface area (Å²) in [4.78, 5) is 14.4. The highest BCUT2D eigenvalue weighted by Crippen LogP contribution is 2.46. The summed E-state index contributed by atoms with van der Waals surface area (Å²) in [7, 11) is 0. The SMILES string of the molecule is Cc1ccc(Sn2c(-c3cccc(N4CC(C(=O)O)C4)c3)c(-c3ccoc3C#N)c3cc(F)ccc32)cc1. The van der Waals surface area contributed by atoms with Crippen LogP contribution in [-0.4, -0.2) is 28.1 Å². The zero-order valence-corrected chi connectivity index (χ0v) is 21.2. The van der Waals surface area contributed by atoms with E-state index in [2.05, 4.69) is 10.0 Å². The predicted molar refractivity (Wildman–Crippen MR) is 146 cm³/mol. The molecule has 188 valence electrons. The molecular formula is C30H22FN3O3S. The number of carboxylic acids is 1.